The highest BCUT2D eigenvalue weighted by Crippen LogP contribution is 2.20. The third-order valence-corrected chi connectivity index (χ3v) is 5.59. The smallest absolute Gasteiger partial charge is 0.317 e. The van der Waals surface area contributed by atoms with Crippen LogP contribution in [-0.2, 0) is 13.1 Å². The van der Waals surface area contributed by atoms with E-state index in [9.17, 15) is 4.79 Å². The van der Waals surface area contributed by atoms with Gasteiger partial charge in [-0.05, 0) is 59.5 Å². The summed E-state index contributed by atoms with van der Waals surface area (Å²) in [6.45, 7) is 11.8. The lowest BCUT2D eigenvalue weighted by molar-refractivity contribution is 0.125. The summed E-state index contributed by atoms with van der Waals surface area (Å²) in [7, 11) is 0. The van der Waals surface area contributed by atoms with Gasteiger partial charge in [0.05, 0.1) is 5.69 Å². The van der Waals surface area contributed by atoms with E-state index in [1.54, 1.807) is 0 Å². The summed E-state index contributed by atoms with van der Waals surface area (Å²) in [6.07, 6.45) is 4.96. The maximum Gasteiger partial charge on any atom is 0.317 e. The fourth-order valence-corrected chi connectivity index (χ4v) is 4.12. The highest BCUT2D eigenvalue weighted by molar-refractivity contribution is 5.74. The van der Waals surface area contributed by atoms with Gasteiger partial charge in [0.25, 0.3) is 0 Å². The van der Waals surface area contributed by atoms with Crippen LogP contribution in [0.25, 0.3) is 0 Å². The molecule has 1 aromatic heterocycles. The number of aryl methyl sites for hydroxylation is 2. The van der Waals surface area contributed by atoms with E-state index >= 15 is 0 Å². The van der Waals surface area contributed by atoms with Crippen molar-refractivity contribution in [3.8, 4) is 0 Å². The Labute approximate surface area is 145 Å². The molecule has 0 bridgehead atoms. The van der Waals surface area contributed by atoms with Crippen LogP contribution < -0.4 is 5.32 Å². The molecule has 3 heterocycles. The third kappa shape index (κ3) is 3.58. The number of piperidine rings is 1. The number of carbonyl (C=O) groups excluding carboxylic acids is 1. The Bertz CT molecular complexity index is 576. The first-order valence-electron chi connectivity index (χ1n) is 9.39. The van der Waals surface area contributed by atoms with Crippen molar-refractivity contribution >= 4 is 6.03 Å². The quantitative estimate of drug-likeness (QED) is 0.920. The van der Waals surface area contributed by atoms with Gasteiger partial charge in [0.2, 0.25) is 0 Å². The van der Waals surface area contributed by atoms with Gasteiger partial charge in [-0.3, -0.25) is 9.58 Å². The summed E-state index contributed by atoms with van der Waals surface area (Å²) in [6, 6.07) is 0.625. The molecule has 0 aliphatic carbocycles. The minimum atomic E-state index is 0.0712. The van der Waals surface area contributed by atoms with E-state index in [-0.39, 0.29) is 6.03 Å². The molecule has 2 aliphatic heterocycles. The zero-order chi connectivity index (χ0) is 17.1. The molecule has 1 N–H and O–H groups in total. The van der Waals surface area contributed by atoms with Crippen molar-refractivity contribution in [3.05, 3.63) is 17.0 Å². The summed E-state index contributed by atoms with van der Waals surface area (Å²) in [4.78, 5) is 17.2. The number of rotatable bonds is 4. The molecule has 6 nitrogen and oxygen atoms in total. The molecule has 2 fully saturated rings. The van der Waals surface area contributed by atoms with Crippen LogP contribution in [0.3, 0.4) is 0 Å². The van der Waals surface area contributed by atoms with Gasteiger partial charge in [-0.15, -0.1) is 0 Å². The fourth-order valence-electron chi connectivity index (χ4n) is 4.12. The predicted octanol–water partition coefficient (Wildman–Crippen LogP) is 2.29. The Morgan fingerprint density at radius 2 is 1.96 bits per heavy atom. The molecule has 2 amide bonds. The van der Waals surface area contributed by atoms with E-state index in [1.165, 1.54) is 32.4 Å². The number of likely N-dealkylation sites (tertiary alicyclic amines) is 2. The van der Waals surface area contributed by atoms with Crippen LogP contribution >= 0.6 is 0 Å². The molecule has 134 valence electrons. The van der Waals surface area contributed by atoms with Crippen molar-refractivity contribution in [1.82, 2.24) is 24.9 Å². The summed E-state index contributed by atoms with van der Waals surface area (Å²) >= 11 is 0. The Kier molecular flexibility index (Phi) is 5.43. The number of nitrogens with one attached hydrogen (secondary N) is 1. The summed E-state index contributed by atoms with van der Waals surface area (Å²) < 4.78 is 2.00. The maximum absolute atomic E-state index is 12.6. The van der Waals surface area contributed by atoms with E-state index in [1.807, 2.05) is 16.5 Å². The lowest BCUT2D eigenvalue weighted by Crippen LogP contribution is -2.51. The second kappa shape index (κ2) is 7.55. The maximum atomic E-state index is 12.6. The first-order valence-corrected chi connectivity index (χ1v) is 9.39. The number of hydrogen-bond acceptors (Lipinski definition) is 3. The minimum absolute atomic E-state index is 0.0712. The Morgan fingerprint density at radius 3 is 2.62 bits per heavy atom. The SMILES string of the molecule is CCn1nc(C)c(CNC(=O)N2CCCC(N3CCCC3)C2)c1C. The molecule has 2 saturated heterocycles. The van der Waals surface area contributed by atoms with Crippen molar-refractivity contribution in [2.75, 3.05) is 26.2 Å². The molecule has 0 spiro atoms. The molecular formula is C18H31N5O. The molecule has 0 radical (unpaired) electrons. The van der Waals surface area contributed by atoms with Crippen molar-refractivity contribution in [3.63, 3.8) is 0 Å². The summed E-state index contributed by atoms with van der Waals surface area (Å²) in [5, 5.41) is 7.64. The second-order valence-corrected chi connectivity index (χ2v) is 7.11. The lowest BCUT2D eigenvalue weighted by atomic mass is 10.0. The number of hydrogen-bond donors (Lipinski definition) is 1. The van der Waals surface area contributed by atoms with Crippen LogP contribution in [0.2, 0.25) is 0 Å². The van der Waals surface area contributed by atoms with Gasteiger partial charge in [-0.25, -0.2) is 4.79 Å². The molecule has 0 aromatic carbocycles. The largest absolute Gasteiger partial charge is 0.334 e. The van der Waals surface area contributed by atoms with Crippen molar-refractivity contribution < 1.29 is 4.79 Å². The average Bonchev–Trinajstić information content (AvgIpc) is 3.22. The molecule has 1 atom stereocenters. The number of nitrogens with zero attached hydrogens (tertiary/aromatic N) is 4. The van der Waals surface area contributed by atoms with Crippen LogP contribution in [0, 0.1) is 13.8 Å². The number of urea groups is 1. The van der Waals surface area contributed by atoms with Crippen molar-refractivity contribution in [1.29, 1.82) is 0 Å². The number of aromatic nitrogens is 2. The molecule has 6 heteroatoms. The molecule has 24 heavy (non-hydrogen) atoms. The van der Waals surface area contributed by atoms with Crippen molar-refractivity contribution in [2.24, 2.45) is 0 Å². The first kappa shape index (κ1) is 17.3. The molecule has 0 saturated carbocycles. The second-order valence-electron chi connectivity index (χ2n) is 7.11. The van der Waals surface area contributed by atoms with E-state index in [0.29, 0.717) is 12.6 Å². The molecule has 1 aromatic rings. The first-order chi connectivity index (χ1) is 11.6. The van der Waals surface area contributed by atoms with Crippen LogP contribution in [0.4, 0.5) is 4.79 Å². The number of carbonyl (C=O) groups is 1. The zero-order valence-corrected chi connectivity index (χ0v) is 15.3. The Balaban J connectivity index is 1.55. The normalized spacial score (nSPS) is 22.1. The lowest BCUT2D eigenvalue weighted by Gasteiger charge is -2.37. The molecule has 2 aliphatic rings. The monoisotopic (exact) mass is 333 g/mol. The van der Waals surface area contributed by atoms with Gasteiger partial charge in [0.1, 0.15) is 0 Å². The fraction of sp³-hybridized carbons (Fsp3) is 0.778. The molecule has 3 rings (SSSR count). The van der Waals surface area contributed by atoms with Gasteiger partial charge in [-0.1, -0.05) is 0 Å². The van der Waals surface area contributed by atoms with Crippen LogP contribution in [0.1, 0.15) is 49.6 Å². The van der Waals surface area contributed by atoms with Crippen LogP contribution in [-0.4, -0.2) is 57.8 Å². The third-order valence-electron chi connectivity index (χ3n) is 5.59. The predicted molar refractivity (Wildman–Crippen MR) is 95.0 cm³/mol. The number of amides is 2. The standard InChI is InChI=1S/C18H31N5O/c1-4-23-15(3)17(14(2)20-23)12-19-18(24)22-11-7-8-16(13-22)21-9-5-6-10-21/h16H,4-13H2,1-3H3,(H,19,24). The van der Waals surface area contributed by atoms with E-state index < -0.39 is 0 Å². The van der Waals surface area contributed by atoms with E-state index in [0.717, 1.165) is 43.0 Å². The van der Waals surface area contributed by atoms with E-state index in [2.05, 4.69) is 29.2 Å². The topological polar surface area (TPSA) is 53.4 Å². The Morgan fingerprint density at radius 1 is 1.21 bits per heavy atom. The summed E-state index contributed by atoms with van der Waals surface area (Å²) in [5.41, 5.74) is 3.32. The van der Waals surface area contributed by atoms with E-state index in [4.69, 9.17) is 0 Å². The highest BCUT2D eigenvalue weighted by atomic mass is 16.2. The summed E-state index contributed by atoms with van der Waals surface area (Å²) in [5.74, 6) is 0. The highest BCUT2D eigenvalue weighted by Gasteiger charge is 2.29. The Hall–Kier alpha value is -1.56. The van der Waals surface area contributed by atoms with Gasteiger partial charge in [0.15, 0.2) is 0 Å². The zero-order valence-electron chi connectivity index (χ0n) is 15.3. The van der Waals surface area contributed by atoms with Crippen LogP contribution in [0.15, 0.2) is 0 Å². The van der Waals surface area contributed by atoms with Crippen molar-refractivity contribution in [2.45, 2.75) is 65.6 Å². The van der Waals surface area contributed by atoms with Gasteiger partial charge < -0.3 is 10.2 Å². The molecule has 1 unspecified atom stereocenters. The van der Waals surface area contributed by atoms with Gasteiger partial charge in [0, 0.05) is 43.5 Å². The molecular weight excluding hydrogens is 302 g/mol. The van der Waals surface area contributed by atoms with Gasteiger partial charge in [-0.2, -0.15) is 5.10 Å². The van der Waals surface area contributed by atoms with Gasteiger partial charge >= 0.3 is 6.03 Å². The minimum Gasteiger partial charge on any atom is -0.334 e. The van der Waals surface area contributed by atoms with Crippen LogP contribution in [0.5, 0.6) is 0 Å². The average molecular weight is 333 g/mol.